The monoisotopic (exact) mass is 186 g/mol. The second-order valence-corrected chi connectivity index (χ2v) is 4.46. The lowest BCUT2D eigenvalue weighted by molar-refractivity contribution is -0.146. The molecule has 0 aromatic rings. The van der Waals surface area contributed by atoms with Gasteiger partial charge in [-0.15, -0.1) is 0 Å². The minimum atomic E-state index is -0.102. The number of aliphatic hydroxyl groups is 1. The van der Waals surface area contributed by atoms with Crippen molar-refractivity contribution >= 4 is 0 Å². The van der Waals surface area contributed by atoms with Crippen LogP contribution >= 0.6 is 0 Å². The number of aliphatic hydroxyl groups excluding tert-OH is 1. The van der Waals surface area contributed by atoms with Gasteiger partial charge in [0.2, 0.25) is 0 Å². The molecule has 1 saturated carbocycles. The van der Waals surface area contributed by atoms with E-state index >= 15 is 0 Å². The molecule has 0 spiro atoms. The van der Waals surface area contributed by atoms with Crippen molar-refractivity contribution in [1.82, 2.24) is 0 Å². The molecule has 0 radical (unpaired) electrons. The highest BCUT2D eigenvalue weighted by molar-refractivity contribution is 4.85. The van der Waals surface area contributed by atoms with Crippen molar-refractivity contribution in [3.63, 3.8) is 0 Å². The van der Waals surface area contributed by atoms with Crippen LogP contribution in [0.1, 0.15) is 32.6 Å². The van der Waals surface area contributed by atoms with E-state index in [9.17, 15) is 5.11 Å². The van der Waals surface area contributed by atoms with Crippen LogP contribution in [0.5, 0.6) is 0 Å². The molecule has 2 aliphatic rings. The van der Waals surface area contributed by atoms with Crippen LogP contribution in [-0.4, -0.2) is 30.7 Å². The Kier molecular flexibility index (Phi) is 2.58. The summed E-state index contributed by atoms with van der Waals surface area (Å²) in [5.41, 5.74) is 0.135. The first-order valence-corrected chi connectivity index (χ1v) is 5.12. The molecule has 76 valence electrons. The van der Waals surface area contributed by atoms with Gasteiger partial charge in [-0.1, -0.05) is 6.92 Å². The summed E-state index contributed by atoms with van der Waals surface area (Å²) in [5, 5.41) is 9.40. The normalized spacial score (nSPS) is 42.5. The van der Waals surface area contributed by atoms with Crippen molar-refractivity contribution in [2.24, 2.45) is 5.41 Å². The van der Waals surface area contributed by atoms with Crippen molar-refractivity contribution in [1.29, 1.82) is 0 Å². The maximum Gasteiger partial charge on any atom is 0.163 e. The van der Waals surface area contributed by atoms with E-state index in [1.165, 1.54) is 0 Å². The minimum Gasteiger partial charge on any atom is -0.393 e. The first kappa shape index (κ1) is 9.44. The maximum atomic E-state index is 9.40. The Morgan fingerprint density at radius 1 is 1.15 bits per heavy atom. The van der Waals surface area contributed by atoms with Crippen molar-refractivity contribution in [3.8, 4) is 0 Å². The van der Waals surface area contributed by atoms with Crippen molar-refractivity contribution < 1.29 is 14.6 Å². The van der Waals surface area contributed by atoms with Gasteiger partial charge in [0.05, 0.1) is 19.3 Å². The highest BCUT2D eigenvalue weighted by Crippen LogP contribution is 2.41. The SMILES string of the molecule is CC1(C2OCCO2)CCC(O)CC1. The van der Waals surface area contributed by atoms with E-state index in [4.69, 9.17) is 9.47 Å². The standard InChI is InChI=1S/C10H18O3/c1-10(9-12-6-7-13-9)4-2-8(11)3-5-10/h8-9,11H,2-7H2,1H3. The quantitative estimate of drug-likeness (QED) is 0.671. The fourth-order valence-electron chi connectivity index (χ4n) is 2.26. The molecule has 1 heterocycles. The zero-order valence-corrected chi connectivity index (χ0v) is 8.16. The Bertz CT molecular complexity index is 167. The Morgan fingerprint density at radius 3 is 2.23 bits per heavy atom. The molecular weight excluding hydrogens is 168 g/mol. The van der Waals surface area contributed by atoms with E-state index in [2.05, 4.69) is 6.92 Å². The lowest BCUT2D eigenvalue weighted by Gasteiger charge is -2.38. The van der Waals surface area contributed by atoms with Gasteiger partial charge in [-0.3, -0.25) is 0 Å². The Balaban J connectivity index is 1.95. The van der Waals surface area contributed by atoms with Crippen molar-refractivity contribution in [3.05, 3.63) is 0 Å². The van der Waals surface area contributed by atoms with Crippen LogP contribution in [0.4, 0.5) is 0 Å². The Morgan fingerprint density at radius 2 is 1.69 bits per heavy atom. The third-order valence-corrected chi connectivity index (χ3v) is 3.29. The second-order valence-electron chi connectivity index (χ2n) is 4.46. The highest BCUT2D eigenvalue weighted by Gasteiger charge is 2.40. The molecule has 0 unspecified atom stereocenters. The molecule has 1 saturated heterocycles. The number of hydrogen-bond acceptors (Lipinski definition) is 3. The van der Waals surface area contributed by atoms with Crippen LogP contribution in [0.25, 0.3) is 0 Å². The minimum absolute atomic E-state index is 0.0278. The summed E-state index contributed by atoms with van der Waals surface area (Å²) in [5.74, 6) is 0. The van der Waals surface area contributed by atoms with Gasteiger partial charge in [0.1, 0.15) is 0 Å². The molecule has 2 fully saturated rings. The van der Waals surface area contributed by atoms with Crippen LogP contribution in [-0.2, 0) is 9.47 Å². The number of ether oxygens (including phenoxy) is 2. The van der Waals surface area contributed by atoms with E-state index in [1.54, 1.807) is 0 Å². The van der Waals surface area contributed by atoms with Gasteiger partial charge in [0.15, 0.2) is 6.29 Å². The fraction of sp³-hybridized carbons (Fsp3) is 1.00. The summed E-state index contributed by atoms with van der Waals surface area (Å²) in [6.07, 6.45) is 3.67. The molecule has 3 nitrogen and oxygen atoms in total. The van der Waals surface area contributed by atoms with Crippen LogP contribution in [0.2, 0.25) is 0 Å². The summed E-state index contributed by atoms with van der Waals surface area (Å²) in [4.78, 5) is 0. The van der Waals surface area contributed by atoms with Crippen molar-refractivity contribution in [2.75, 3.05) is 13.2 Å². The molecule has 13 heavy (non-hydrogen) atoms. The smallest absolute Gasteiger partial charge is 0.163 e. The molecule has 1 N–H and O–H groups in total. The van der Waals surface area contributed by atoms with E-state index in [0.29, 0.717) is 0 Å². The summed E-state index contributed by atoms with van der Waals surface area (Å²) < 4.78 is 11.1. The predicted octanol–water partition coefficient (Wildman–Crippen LogP) is 1.30. The number of rotatable bonds is 1. The van der Waals surface area contributed by atoms with Gasteiger partial charge in [0.25, 0.3) is 0 Å². The second kappa shape index (κ2) is 3.56. The molecule has 1 aliphatic carbocycles. The van der Waals surface area contributed by atoms with Gasteiger partial charge in [-0.05, 0) is 25.7 Å². The molecule has 0 aromatic carbocycles. The maximum absolute atomic E-state index is 9.40. The largest absolute Gasteiger partial charge is 0.393 e. The third kappa shape index (κ3) is 1.87. The first-order chi connectivity index (χ1) is 6.21. The predicted molar refractivity (Wildman–Crippen MR) is 48.3 cm³/mol. The molecule has 0 bridgehead atoms. The molecule has 3 heteroatoms. The van der Waals surface area contributed by atoms with Crippen molar-refractivity contribution in [2.45, 2.75) is 45.0 Å². The summed E-state index contributed by atoms with van der Waals surface area (Å²) >= 11 is 0. The van der Waals surface area contributed by atoms with E-state index in [0.717, 1.165) is 38.9 Å². The Hall–Kier alpha value is -0.120. The van der Waals surface area contributed by atoms with Crippen LogP contribution in [0.3, 0.4) is 0 Å². The van der Waals surface area contributed by atoms with E-state index in [1.807, 2.05) is 0 Å². The Labute approximate surface area is 79.0 Å². The molecule has 0 amide bonds. The van der Waals surface area contributed by atoms with E-state index < -0.39 is 0 Å². The summed E-state index contributed by atoms with van der Waals surface area (Å²) in [7, 11) is 0. The molecule has 2 rings (SSSR count). The number of hydrogen-bond donors (Lipinski definition) is 1. The third-order valence-electron chi connectivity index (χ3n) is 3.29. The van der Waals surface area contributed by atoms with Crippen LogP contribution < -0.4 is 0 Å². The van der Waals surface area contributed by atoms with Gasteiger partial charge >= 0.3 is 0 Å². The zero-order valence-electron chi connectivity index (χ0n) is 8.16. The summed E-state index contributed by atoms with van der Waals surface area (Å²) in [6.45, 7) is 3.65. The zero-order chi connectivity index (χ0) is 9.31. The fourth-order valence-corrected chi connectivity index (χ4v) is 2.26. The average Bonchev–Trinajstić information content (AvgIpc) is 2.63. The highest BCUT2D eigenvalue weighted by atomic mass is 16.7. The lowest BCUT2D eigenvalue weighted by Crippen LogP contribution is -2.38. The summed E-state index contributed by atoms with van der Waals surface area (Å²) in [6, 6.07) is 0. The first-order valence-electron chi connectivity index (χ1n) is 5.12. The van der Waals surface area contributed by atoms with E-state index in [-0.39, 0.29) is 17.8 Å². The molecular formula is C10H18O3. The molecule has 1 aliphatic heterocycles. The average molecular weight is 186 g/mol. The van der Waals surface area contributed by atoms with Gasteiger partial charge < -0.3 is 14.6 Å². The lowest BCUT2D eigenvalue weighted by atomic mass is 9.74. The van der Waals surface area contributed by atoms with Gasteiger partial charge in [-0.2, -0.15) is 0 Å². The molecule has 0 aromatic heterocycles. The molecule has 0 atom stereocenters. The van der Waals surface area contributed by atoms with Gasteiger partial charge in [-0.25, -0.2) is 0 Å². The topological polar surface area (TPSA) is 38.7 Å². The van der Waals surface area contributed by atoms with Crippen LogP contribution in [0, 0.1) is 5.41 Å². The van der Waals surface area contributed by atoms with Crippen LogP contribution in [0.15, 0.2) is 0 Å². The van der Waals surface area contributed by atoms with Gasteiger partial charge in [0, 0.05) is 5.41 Å².